The highest BCUT2D eigenvalue weighted by Gasteiger charge is 2.43. The van der Waals surface area contributed by atoms with Crippen molar-refractivity contribution in [2.45, 2.75) is 31.3 Å². The summed E-state index contributed by atoms with van der Waals surface area (Å²) in [7, 11) is 0. The van der Waals surface area contributed by atoms with Crippen LogP contribution in [0.2, 0.25) is 0 Å². The Morgan fingerprint density at radius 1 is 1.20 bits per heavy atom. The predicted molar refractivity (Wildman–Crippen MR) is 110 cm³/mol. The van der Waals surface area contributed by atoms with E-state index in [2.05, 4.69) is 28.4 Å². The summed E-state index contributed by atoms with van der Waals surface area (Å²) in [6, 6.07) is 13.7. The molecule has 0 aliphatic carbocycles. The van der Waals surface area contributed by atoms with Gasteiger partial charge in [-0.15, -0.1) is 11.3 Å². The molecule has 1 spiro atoms. The monoisotopic (exact) mass is 429 g/mol. The van der Waals surface area contributed by atoms with Crippen molar-refractivity contribution in [1.29, 1.82) is 0 Å². The van der Waals surface area contributed by atoms with Crippen molar-refractivity contribution in [3.05, 3.63) is 64.3 Å². The zero-order valence-electron chi connectivity index (χ0n) is 16.2. The largest absolute Gasteiger partial charge is 0.370 e. The topological polar surface area (TPSA) is 58.2 Å². The fourth-order valence-electron chi connectivity index (χ4n) is 4.37. The molecule has 0 bridgehead atoms. The maximum atomic E-state index is 12.8. The first kappa shape index (κ1) is 19.4. The van der Waals surface area contributed by atoms with Gasteiger partial charge < -0.3 is 9.64 Å². The Labute approximate surface area is 176 Å². The van der Waals surface area contributed by atoms with Gasteiger partial charge in [-0.1, -0.05) is 30.3 Å². The maximum absolute atomic E-state index is 12.8. The molecule has 4 heterocycles. The van der Waals surface area contributed by atoms with Crippen molar-refractivity contribution in [2.75, 3.05) is 19.7 Å². The Kier molecular flexibility index (Phi) is 4.91. The van der Waals surface area contributed by atoms with E-state index < -0.39 is 6.43 Å². The first-order valence-electron chi connectivity index (χ1n) is 10.0. The summed E-state index contributed by atoms with van der Waals surface area (Å²) in [6.45, 7) is 1.68. The number of benzene rings is 1. The van der Waals surface area contributed by atoms with Gasteiger partial charge in [-0.3, -0.25) is 9.89 Å². The molecule has 0 unspecified atom stereocenters. The van der Waals surface area contributed by atoms with Crippen molar-refractivity contribution < 1.29 is 18.3 Å². The number of likely N-dealkylation sites (tertiary alicyclic amines) is 1. The fraction of sp³-hybridized carbons (Fsp3) is 0.364. The average Bonchev–Trinajstić information content (AvgIpc) is 3.43. The number of hydrogen-bond acceptors (Lipinski definition) is 4. The number of alkyl halides is 2. The second kappa shape index (κ2) is 7.59. The van der Waals surface area contributed by atoms with Crippen LogP contribution in [0.3, 0.4) is 0 Å². The molecule has 5 rings (SSSR count). The van der Waals surface area contributed by atoms with E-state index in [1.54, 1.807) is 4.90 Å². The minimum absolute atomic E-state index is 0.0356. The second-order valence-electron chi connectivity index (χ2n) is 7.71. The Morgan fingerprint density at radius 3 is 2.67 bits per heavy atom. The molecule has 1 saturated heterocycles. The Bertz CT molecular complexity index is 1060. The molecule has 1 aromatic carbocycles. The van der Waals surface area contributed by atoms with Crippen LogP contribution in [0, 0.1) is 0 Å². The number of hydrogen-bond donors (Lipinski definition) is 1. The summed E-state index contributed by atoms with van der Waals surface area (Å²) in [5.74, 6) is -0.320. The van der Waals surface area contributed by atoms with Crippen molar-refractivity contribution in [3.63, 3.8) is 0 Å². The van der Waals surface area contributed by atoms with Gasteiger partial charge in [-0.2, -0.15) is 5.10 Å². The standard InChI is InChI=1S/C22H21F2N3O2S/c23-20(24)16-13-17(26-25-16)21(28)27-9-7-22(8-10-27)15-12-19(14-4-2-1-3-5-14)30-18(15)6-11-29-22/h1-5,12-13,20H,6-11H2,(H,25,26). The molecule has 0 saturated carbocycles. The van der Waals surface area contributed by atoms with Gasteiger partial charge in [-0.25, -0.2) is 8.78 Å². The number of piperidine rings is 1. The summed E-state index contributed by atoms with van der Waals surface area (Å²) < 4.78 is 31.9. The van der Waals surface area contributed by atoms with E-state index in [0.717, 1.165) is 12.5 Å². The third kappa shape index (κ3) is 3.33. The third-order valence-corrected chi connectivity index (χ3v) is 7.22. The van der Waals surface area contributed by atoms with Gasteiger partial charge >= 0.3 is 0 Å². The minimum Gasteiger partial charge on any atom is -0.370 e. The van der Waals surface area contributed by atoms with E-state index in [0.29, 0.717) is 32.5 Å². The summed E-state index contributed by atoms with van der Waals surface area (Å²) in [4.78, 5) is 17.0. The van der Waals surface area contributed by atoms with Crippen molar-refractivity contribution in [3.8, 4) is 10.4 Å². The molecule has 1 N–H and O–H groups in total. The molecule has 2 aromatic heterocycles. The number of carbonyl (C=O) groups excluding carboxylic acids is 1. The number of ether oxygens (including phenoxy) is 1. The Balaban J connectivity index is 1.35. The predicted octanol–water partition coefficient (Wildman–Crippen LogP) is 4.78. The number of rotatable bonds is 3. The number of halogens is 2. The maximum Gasteiger partial charge on any atom is 0.279 e. The molecular formula is C22H21F2N3O2S. The molecule has 1 fully saturated rings. The Morgan fingerprint density at radius 2 is 1.97 bits per heavy atom. The van der Waals surface area contributed by atoms with Crippen LogP contribution < -0.4 is 0 Å². The van der Waals surface area contributed by atoms with Crippen molar-refractivity contribution >= 4 is 17.2 Å². The molecule has 3 aromatic rings. The molecule has 1 amide bonds. The van der Waals surface area contributed by atoms with Crippen LogP contribution in [0.4, 0.5) is 8.78 Å². The van der Waals surface area contributed by atoms with E-state index in [9.17, 15) is 13.6 Å². The summed E-state index contributed by atoms with van der Waals surface area (Å²) in [5.41, 5.74) is 1.76. The van der Waals surface area contributed by atoms with Crippen LogP contribution in [0.15, 0.2) is 42.5 Å². The highest BCUT2D eigenvalue weighted by Crippen LogP contribution is 2.46. The summed E-state index contributed by atoms with van der Waals surface area (Å²) >= 11 is 1.82. The normalized spacial score (nSPS) is 18.0. The van der Waals surface area contributed by atoms with Crippen LogP contribution in [-0.2, 0) is 16.8 Å². The highest BCUT2D eigenvalue weighted by molar-refractivity contribution is 7.15. The number of H-pyrrole nitrogens is 1. The van der Waals surface area contributed by atoms with E-state index in [-0.39, 0.29) is 22.9 Å². The average molecular weight is 429 g/mol. The number of thiophene rings is 1. The van der Waals surface area contributed by atoms with Crippen LogP contribution >= 0.6 is 11.3 Å². The lowest BCUT2D eigenvalue weighted by atomic mass is 9.82. The van der Waals surface area contributed by atoms with E-state index in [4.69, 9.17) is 4.74 Å². The number of fused-ring (bicyclic) bond motifs is 2. The SMILES string of the molecule is O=C(c1cc(C(F)F)[nH]n1)N1CCC2(CC1)OCCc1sc(-c3ccccc3)cc12. The van der Waals surface area contributed by atoms with E-state index in [1.165, 1.54) is 20.9 Å². The molecule has 8 heteroatoms. The quantitative estimate of drug-likeness (QED) is 0.652. The molecule has 30 heavy (non-hydrogen) atoms. The van der Waals surface area contributed by atoms with Gasteiger partial charge in [0.2, 0.25) is 0 Å². The molecule has 2 aliphatic rings. The summed E-state index contributed by atoms with van der Waals surface area (Å²) in [6.07, 6.45) is -0.401. The van der Waals surface area contributed by atoms with Crippen molar-refractivity contribution in [1.82, 2.24) is 15.1 Å². The molecule has 0 atom stereocenters. The second-order valence-corrected chi connectivity index (χ2v) is 8.84. The highest BCUT2D eigenvalue weighted by atomic mass is 32.1. The zero-order valence-corrected chi connectivity index (χ0v) is 17.1. The number of aromatic amines is 1. The Hall–Kier alpha value is -2.58. The molecular weight excluding hydrogens is 408 g/mol. The van der Waals surface area contributed by atoms with Crippen LogP contribution in [0.1, 0.15) is 45.9 Å². The number of carbonyl (C=O) groups is 1. The van der Waals surface area contributed by atoms with Gasteiger partial charge in [0.05, 0.1) is 12.2 Å². The number of aromatic nitrogens is 2. The molecule has 0 radical (unpaired) electrons. The fourth-order valence-corrected chi connectivity index (χ4v) is 5.60. The first-order chi connectivity index (χ1) is 14.6. The number of nitrogens with zero attached hydrogens (tertiary/aromatic N) is 2. The zero-order chi connectivity index (χ0) is 20.7. The molecule has 5 nitrogen and oxygen atoms in total. The van der Waals surface area contributed by atoms with Gasteiger partial charge in [0, 0.05) is 29.3 Å². The summed E-state index contributed by atoms with van der Waals surface area (Å²) in [5, 5.41) is 6.01. The number of nitrogens with one attached hydrogen (secondary N) is 1. The van der Waals surface area contributed by atoms with Crippen LogP contribution in [0.25, 0.3) is 10.4 Å². The van der Waals surface area contributed by atoms with Gasteiger partial charge in [0.25, 0.3) is 12.3 Å². The lowest BCUT2D eigenvalue weighted by Crippen LogP contribution is -2.48. The smallest absolute Gasteiger partial charge is 0.279 e. The van der Waals surface area contributed by atoms with Crippen LogP contribution in [-0.4, -0.2) is 40.7 Å². The van der Waals surface area contributed by atoms with E-state index in [1.807, 2.05) is 29.5 Å². The van der Waals surface area contributed by atoms with Crippen molar-refractivity contribution in [2.24, 2.45) is 0 Å². The minimum atomic E-state index is -2.67. The van der Waals surface area contributed by atoms with Gasteiger partial charge in [0.15, 0.2) is 5.69 Å². The molecule has 156 valence electrons. The number of amides is 1. The molecule has 2 aliphatic heterocycles. The van der Waals surface area contributed by atoms with Gasteiger partial charge in [-0.05, 0) is 36.1 Å². The van der Waals surface area contributed by atoms with Gasteiger partial charge in [0.1, 0.15) is 5.69 Å². The van der Waals surface area contributed by atoms with E-state index >= 15 is 0 Å². The third-order valence-electron chi connectivity index (χ3n) is 5.98. The lowest BCUT2D eigenvalue weighted by molar-refractivity contribution is -0.0926. The lowest BCUT2D eigenvalue weighted by Gasteiger charge is -2.43. The first-order valence-corrected chi connectivity index (χ1v) is 10.8. The van der Waals surface area contributed by atoms with Crippen LogP contribution in [0.5, 0.6) is 0 Å².